The van der Waals surface area contributed by atoms with Crippen LogP contribution in [0.2, 0.25) is 4.34 Å². The molecule has 3 heterocycles. The molecule has 1 amide bonds. The molecule has 3 rings (SSSR count). The summed E-state index contributed by atoms with van der Waals surface area (Å²) in [5.41, 5.74) is 1.15. The standard InChI is InChI=1S/C18H21ClN2O3S/c19-16-7-6-15(25-16)13-10-20-11-14(13)18(23)24-12-17(22)21-8-4-2-1-3-5-9-21/h6-7,10-11,20H,1-5,8-9,12H2. The average molecular weight is 381 g/mol. The Morgan fingerprint density at radius 1 is 1.12 bits per heavy atom. The number of aromatic nitrogens is 1. The fourth-order valence-electron chi connectivity index (χ4n) is 2.99. The Labute approximate surface area is 155 Å². The van der Waals surface area contributed by atoms with Gasteiger partial charge in [0.05, 0.1) is 9.90 Å². The molecule has 1 aliphatic rings. The summed E-state index contributed by atoms with van der Waals surface area (Å²) in [4.78, 5) is 30.3. The molecule has 2 aromatic heterocycles. The number of halogens is 1. The maximum Gasteiger partial charge on any atom is 0.340 e. The Kier molecular flexibility index (Phi) is 6.15. The number of thiophene rings is 1. The SMILES string of the molecule is O=C(OCC(=O)N1CCCCCCC1)c1c[nH]cc1-c1ccc(Cl)s1. The molecule has 134 valence electrons. The summed E-state index contributed by atoms with van der Waals surface area (Å²) in [6.45, 7) is 1.29. The van der Waals surface area contributed by atoms with E-state index in [-0.39, 0.29) is 12.5 Å². The van der Waals surface area contributed by atoms with Crippen molar-refractivity contribution in [2.45, 2.75) is 32.1 Å². The second-order valence-electron chi connectivity index (χ2n) is 6.11. The van der Waals surface area contributed by atoms with E-state index in [4.69, 9.17) is 16.3 Å². The van der Waals surface area contributed by atoms with Crippen LogP contribution in [0.3, 0.4) is 0 Å². The van der Waals surface area contributed by atoms with Gasteiger partial charge < -0.3 is 14.6 Å². The minimum Gasteiger partial charge on any atom is -0.452 e. The van der Waals surface area contributed by atoms with Gasteiger partial charge in [0.25, 0.3) is 5.91 Å². The lowest BCUT2D eigenvalue weighted by Crippen LogP contribution is -2.36. The Hall–Kier alpha value is -1.79. The highest BCUT2D eigenvalue weighted by Gasteiger charge is 2.20. The van der Waals surface area contributed by atoms with E-state index < -0.39 is 5.97 Å². The monoisotopic (exact) mass is 380 g/mol. The van der Waals surface area contributed by atoms with Gasteiger partial charge in [-0.2, -0.15) is 0 Å². The van der Waals surface area contributed by atoms with Gasteiger partial charge in [0.15, 0.2) is 6.61 Å². The van der Waals surface area contributed by atoms with Gasteiger partial charge in [-0.1, -0.05) is 30.9 Å². The molecule has 2 aromatic rings. The summed E-state index contributed by atoms with van der Waals surface area (Å²) in [5.74, 6) is -0.618. The number of carbonyl (C=O) groups is 2. The molecule has 5 nitrogen and oxygen atoms in total. The summed E-state index contributed by atoms with van der Waals surface area (Å²) >= 11 is 7.36. The van der Waals surface area contributed by atoms with Crippen LogP contribution in [0, 0.1) is 0 Å². The molecule has 0 aromatic carbocycles. The van der Waals surface area contributed by atoms with Crippen molar-refractivity contribution in [3.8, 4) is 10.4 Å². The molecule has 0 bridgehead atoms. The van der Waals surface area contributed by atoms with Crippen LogP contribution in [-0.4, -0.2) is 41.5 Å². The van der Waals surface area contributed by atoms with Crippen molar-refractivity contribution in [1.29, 1.82) is 0 Å². The van der Waals surface area contributed by atoms with Crippen molar-refractivity contribution < 1.29 is 14.3 Å². The van der Waals surface area contributed by atoms with E-state index in [1.165, 1.54) is 17.8 Å². The Bertz CT molecular complexity index is 732. The Morgan fingerprint density at radius 3 is 2.52 bits per heavy atom. The van der Waals surface area contributed by atoms with Gasteiger partial charge >= 0.3 is 5.97 Å². The lowest BCUT2D eigenvalue weighted by molar-refractivity contribution is -0.134. The largest absolute Gasteiger partial charge is 0.452 e. The third-order valence-electron chi connectivity index (χ3n) is 4.34. The van der Waals surface area contributed by atoms with Crippen LogP contribution < -0.4 is 0 Å². The number of hydrogen-bond acceptors (Lipinski definition) is 4. The van der Waals surface area contributed by atoms with Crippen LogP contribution in [0.1, 0.15) is 42.5 Å². The lowest BCUT2D eigenvalue weighted by Gasteiger charge is -2.24. The van der Waals surface area contributed by atoms with Crippen molar-refractivity contribution >= 4 is 34.8 Å². The second-order valence-corrected chi connectivity index (χ2v) is 7.83. The normalized spacial score (nSPS) is 15.5. The molecule has 0 spiro atoms. The first-order valence-corrected chi connectivity index (χ1v) is 9.72. The number of carbonyl (C=O) groups excluding carboxylic acids is 2. The van der Waals surface area contributed by atoms with Crippen LogP contribution >= 0.6 is 22.9 Å². The topological polar surface area (TPSA) is 62.4 Å². The molecule has 1 saturated heterocycles. The summed E-state index contributed by atoms with van der Waals surface area (Å²) in [6, 6.07) is 3.65. The van der Waals surface area contributed by atoms with E-state index in [1.54, 1.807) is 18.5 Å². The van der Waals surface area contributed by atoms with Gasteiger partial charge in [-0.05, 0) is 25.0 Å². The van der Waals surface area contributed by atoms with Crippen LogP contribution in [0.15, 0.2) is 24.5 Å². The van der Waals surface area contributed by atoms with Crippen LogP contribution in [-0.2, 0) is 9.53 Å². The minimum absolute atomic E-state index is 0.119. The number of rotatable bonds is 4. The van der Waals surface area contributed by atoms with Crippen LogP contribution in [0.4, 0.5) is 0 Å². The number of nitrogens with zero attached hydrogens (tertiary/aromatic N) is 1. The van der Waals surface area contributed by atoms with Gasteiger partial charge in [0.2, 0.25) is 0 Å². The number of amides is 1. The molecule has 0 saturated carbocycles. The van der Waals surface area contributed by atoms with Crippen molar-refractivity contribution in [3.63, 3.8) is 0 Å². The number of ether oxygens (including phenoxy) is 1. The van der Waals surface area contributed by atoms with E-state index in [2.05, 4.69) is 4.98 Å². The second kappa shape index (κ2) is 8.54. The zero-order chi connectivity index (χ0) is 17.6. The van der Waals surface area contributed by atoms with Crippen molar-refractivity contribution in [1.82, 2.24) is 9.88 Å². The molecule has 1 aliphatic heterocycles. The third kappa shape index (κ3) is 4.64. The van der Waals surface area contributed by atoms with Gasteiger partial charge in [0, 0.05) is 35.9 Å². The number of H-pyrrole nitrogens is 1. The first-order chi connectivity index (χ1) is 12.1. The summed E-state index contributed by atoms with van der Waals surface area (Å²) in [7, 11) is 0. The molecule has 0 radical (unpaired) electrons. The predicted molar refractivity (Wildman–Crippen MR) is 99.1 cm³/mol. The smallest absolute Gasteiger partial charge is 0.340 e. The molecular weight excluding hydrogens is 360 g/mol. The first kappa shape index (κ1) is 18.0. The molecule has 0 aliphatic carbocycles. The van der Waals surface area contributed by atoms with Gasteiger partial charge in [0.1, 0.15) is 0 Å². The fourth-order valence-corrected chi connectivity index (χ4v) is 4.06. The highest BCUT2D eigenvalue weighted by Crippen LogP contribution is 2.33. The van der Waals surface area contributed by atoms with E-state index in [0.29, 0.717) is 9.90 Å². The number of esters is 1. The molecule has 1 fully saturated rings. The third-order valence-corrected chi connectivity index (χ3v) is 5.60. The van der Waals surface area contributed by atoms with Crippen LogP contribution in [0.25, 0.3) is 10.4 Å². The number of nitrogens with one attached hydrogen (secondary N) is 1. The summed E-state index contributed by atoms with van der Waals surface area (Å²) in [6.07, 6.45) is 8.89. The number of aromatic amines is 1. The zero-order valence-electron chi connectivity index (χ0n) is 13.9. The fraction of sp³-hybridized carbons (Fsp3) is 0.444. The first-order valence-electron chi connectivity index (χ1n) is 8.52. The van der Waals surface area contributed by atoms with Crippen molar-refractivity contribution in [3.05, 3.63) is 34.4 Å². The predicted octanol–water partition coefficient (Wildman–Crippen LogP) is 4.35. The van der Waals surface area contributed by atoms with Gasteiger partial charge in [-0.15, -0.1) is 11.3 Å². The van der Waals surface area contributed by atoms with E-state index in [9.17, 15) is 9.59 Å². The maximum absolute atomic E-state index is 12.4. The lowest BCUT2D eigenvalue weighted by atomic mass is 10.1. The number of hydrogen-bond donors (Lipinski definition) is 1. The molecule has 0 atom stereocenters. The molecular formula is C18H21ClN2O3S. The highest BCUT2D eigenvalue weighted by atomic mass is 35.5. The van der Waals surface area contributed by atoms with Crippen LogP contribution in [0.5, 0.6) is 0 Å². The van der Waals surface area contributed by atoms with Crippen molar-refractivity contribution in [2.24, 2.45) is 0 Å². The van der Waals surface area contributed by atoms with Gasteiger partial charge in [-0.25, -0.2) is 4.79 Å². The molecule has 25 heavy (non-hydrogen) atoms. The molecule has 0 unspecified atom stereocenters. The summed E-state index contributed by atoms with van der Waals surface area (Å²) < 4.78 is 5.92. The highest BCUT2D eigenvalue weighted by molar-refractivity contribution is 7.19. The van der Waals surface area contributed by atoms with Crippen molar-refractivity contribution in [2.75, 3.05) is 19.7 Å². The van der Waals surface area contributed by atoms with E-state index >= 15 is 0 Å². The molecule has 1 N–H and O–H groups in total. The van der Waals surface area contributed by atoms with E-state index in [1.807, 2.05) is 11.0 Å². The summed E-state index contributed by atoms with van der Waals surface area (Å²) in [5, 5.41) is 0. The average Bonchev–Trinajstić information content (AvgIpc) is 3.20. The molecule has 7 heteroatoms. The van der Waals surface area contributed by atoms with E-state index in [0.717, 1.165) is 49.2 Å². The Balaban J connectivity index is 1.59. The zero-order valence-corrected chi connectivity index (χ0v) is 15.5. The Morgan fingerprint density at radius 2 is 1.84 bits per heavy atom. The minimum atomic E-state index is -0.499. The van der Waals surface area contributed by atoms with Gasteiger partial charge in [-0.3, -0.25) is 4.79 Å². The number of likely N-dealkylation sites (tertiary alicyclic amines) is 1. The quantitative estimate of drug-likeness (QED) is 0.802. The maximum atomic E-state index is 12.4.